The Morgan fingerprint density at radius 1 is 1.45 bits per heavy atom. The molecule has 0 aliphatic carbocycles. The maximum atomic E-state index is 12.2. The van der Waals surface area contributed by atoms with Gasteiger partial charge in [0, 0.05) is 13.1 Å². The van der Waals surface area contributed by atoms with Crippen molar-refractivity contribution in [3.63, 3.8) is 0 Å². The number of amides is 1. The van der Waals surface area contributed by atoms with Crippen LogP contribution in [0.3, 0.4) is 0 Å². The van der Waals surface area contributed by atoms with Crippen LogP contribution in [0.15, 0.2) is 24.3 Å². The highest BCUT2D eigenvalue weighted by atomic mass is 16.3. The Bertz CT molecular complexity index is 444. The quantitative estimate of drug-likeness (QED) is 0.875. The Morgan fingerprint density at radius 3 is 2.80 bits per heavy atom. The average molecular weight is 276 g/mol. The first-order chi connectivity index (χ1) is 9.56. The molecule has 1 aromatic rings. The average Bonchev–Trinajstić information content (AvgIpc) is 2.45. The molecule has 1 aromatic carbocycles. The third-order valence-corrected chi connectivity index (χ3v) is 3.94. The second-order valence-corrected chi connectivity index (χ2v) is 5.67. The van der Waals surface area contributed by atoms with Crippen LogP contribution in [0.2, 0.25) is 0 Å². The van der Waals surface area contributed by atoms with E-state index in [0.717, 1.165) is 24.9 Å². The van der Waals surface area contributed by atoms with Gasteiger partial charge in [0.2, 0.25) is 5.91 Å². The first-order valence-corrected chi connectivity index (χ1v) is 7.31. The van der Waals surface area contributed by atoms with Crippen molar-refractivity contribution in [3.05, 3.63) is 35.4 Å². The highest BCUT2D eigenvalue weighted by Gasteiger charge is 2.26. The van der Waals surface area contributed by atoms with Crippen molar-refractivity contribution >= 4 is 5.91 Å². The van der Waals surface area contributed by atoms with Gasteiger partial charge < -0.3 is 10.4 Å². The second kappa shape index (κ2) is 6.86. The van der Waals surface area contributed by atoms with E-state index in [-0.39, 0.29) is 18.1 Å². The number of hydrogen-bond donors (Lipinski definition) is 2. The molecule has 2 N–H and O–H groups in total. The monoisotopic (exact) mass is 276 g/mol. The number of aliphatic hydroxyl groups excluding tert-OH is 1. The molecule has 1 aliphatic rings. The number of carbonyl (C=O) groups excluding carboxylic acids is 1. The predicted octanol–water partition coefficient (Wildman–Crippen LogP) is 1.46. The zero-order valence-corrected chi connectivity index (χ0v) is 12.3. The fraction of sp³-hybridized carbons (Fsp3) is 0.562. The molecule has 0 radical (unpaired) electrons. The molecular formula is C16H24N2O2. The van der Waals surface area contributed by atoms with Gasteiger partial charge in [-0.25, -0.2) is 0 Å². The van der Waals surface area contributed by atoms with Crippen LogP contribution < -0.4 is 5.32 Å². The van der Waals surface area contributed by atoms with Gasteiger partial charge in [-0.3, -0.25) is 9.69 Å². The van der Waals surface area contributed by atoms with Crippen molar-refractivity contribution in [2.75, 3.05) is 13.1 Å². The Balaban J connectivity index is 1.83. The van der Waals surface area contributed by atoms with E-state index in [4.69, 9.17) is 0 Å². The summed E-state index contributed by atoms with van der Waals surface area (Å²) in [5.41, 5.74) is 2.32. The van der Waals surface area contributed by atoms with E-state index in [9.17, 15) is 9.90 Å². The van der Waals surface area contributed by atoms with Gasteiger partial charge in [0.25, 0.3) is 0 Å². The number of nitrogens with one attached hydrogen (secondary N) is 1. The minimum Gasteiger partial charge on any atom is -0.392 e. The number of nitrogens with zero attached hydrogens (tertiary/aromatic N) is 1. The van der Waals surface area contributed by atoms with Gasteiger partial charge >= 0.3 is 0 Å². The molecule has 1 amide bonds. The molecule has 20 heavy (non-hydrogen) atoms. The van der Waals surface area contributed by atoms with Gasteiger partial charge in [0.1, 0.15) is 0 Å². The van der Waals surface area contributed by atoms with Gasteiger partial charge in [-0.15, -0.1) is 0 Å². The summed E-state index contributed by atoms with van der Waals surface area (Å²) in [6.07, 6.45) is 1.50. The van der Waals surface area contributed by atoms with Crippen molar-refractivity contribution in [2.24, 2.45) is 0 Å². The first-order valence-electron chi connectivity index (χ1n) is 7.31. The number of piperidine rings is 1. The zero-order chi connectivity index (χ0) is 14.5. The molecule has 4 heteroatoms. The van der Waals surface area contributed by atoms with E-state index in [2.05, 4.69) is 10.2 Å². The lowest BCUT2D eigenvalue weighted by Crippen LogP contribution is -2.50. The Morgan fingerprint density at radius 2 is 2.15 bits per heavy atom. The number of β-amino-alcohol motifs (C(OH)–C–C–N with tert-alkyl or cyclic N) is 1. The van der Waals surface area contributed by atoms with E-state index in [1.165, 1.54) is 5.56 Å². The molecule has 0 saturated carbocycles. The summed E-state index contributed by atoms with van der Waals surface area (Å²) in [4.78, 5) is 14.2. The summed E-state index contributed by atoms with van der Waals surface area (Å²) in [5.74, 6) is 0.0275. The van der Waals surface area contributed by atoms with E-state index in [0.29, 0.717) is 13.1 Å². The van der Waals surface area contributed by atoms with Gasteiger partial charge in [-0.2, -0.15) is 0 Å². The molecule has 2 unspecified atom stereocenters. The molecule has 2 atom stereocenters. The lowest BCUT2D eigenvalue weighted by molar-refractivity contribution is -0.127. The topological polar surface area (TPSA) is 52.6 Å². The van der Waals surface area contributed by atoms with Crippen molar-refractivity contribution in [3.8, 4) is 0 Å². The Labute approximate surface area is 120 Å². The van der Waals surface area contributed by atoms with Crippen molar-refractivity contribution < 1.29 is 9.90 Å². The van der Waals surface area contributed by atoms with Crippen molar-refractivity contribution in [2.45, 2.75) is 45.4 Å². The van der Waals surface area contributed by atoms with Crippen LogP contribution in [0, 0.1) is 6.92 Å². The highest BCUT2D eigenvalue weighted by Crippen LogP contribution is 2.13. The molecule has 1 aliphatic heterocycles. The van der Waals surface area contributed by atoms with E-state index in [1.807, 2.05) is 38.1 Å². The molecule has 1 heterocycles. The maximum absolute atomic E-state index is 12.2. The lowest BCUT2D eigenvalue weighted by atomic mass is 10.1. The summed E-state index contributed by atoms with van der Waals surface area (Å²) in [6.45, 7) is 5.99. The van der Waals surface area contributed by atoms with Crippen LogP contribution in [-0.2, 0) is 11.3 Å². The molecule has 1 saturated heterocycles. The van der Waals surface area contributed by atoms with E-state index in [1.54, 1.807) is 0 Å². The summed E-state index contributed by atoms with van der Waals surface area (Å²) in [5, 5.41) is 12.6. The van der Waals surface area contributed by atoms with Gasteiger partial charge in [0.05, 0.1) is 12.1 Å². The molecule has 0 aromatic heterocycles. The van der Waals surface area contributed by atoms with Crippen LogP contribution in [0.5, 0.6) is 0 Å². The van der Waals surface area contributed by atoms with Crippen molar-refractivity contribution in [1.29, 1.82) is 0 Å². The van der Waals surface area contributed by atoms with Gasteiger partial charge in [-0.05, 0) is 38.8 Å². The number of carbonyl (C=O) groups is 1. The fourth-order valence-corrected chi connectivity index (χ4v) is 2.54. The van der Waals surface area contributed by atoms with Crippen LogP contribution in [-0.4, -0.2) is 41.1 Å². The Hall–Kier alpha value is -1.39. The third kappa shape index (κ3) is 4.05. The molecule has 0 bridgehead atoms. The van der Waals surface area contributed by atoms with Gasteiger partial charge in [-0.1, -0.05) is 29.8 Å². The molecule has 2 rings (SSSR count). The second-order valence-electron chi connectivity index (χ2n) is 5.67. The summed E-state index contributed by atoms with van der Waals surface area (Å²) in [7, 11) is 0. The summed E-state index contributed by atoms with van der Waals surface area (Å²) in [6, 6.07) is 7.98. The number of aliphatic hydroxyl groups is 1. The number of likely N-dealkylation sites (tertiary alicyclic amines) is 1. The minimum atomic E-state index is -0.295. The minimum absolute atomic E-state index is 0.0275. The fourth-order valence-electron chi connectivity index (χ4n) is 2.54. The van der Waals surface area contributed by atoms with E-state index >= 15 is 0 Å². The number of hydrogen-bond acceptors (Lipinski definition) is 3. The standard InChI is InChI=1S/C16H24N2O2/c1-12-5-7-14(8-6-12)10-17-16(20)13(2)18-9-3-4-15(19)11-18/h5-8,13,15,19H,3-4,9-11H2,1-2H3,(H,17,20). The van der Waals surface area contributed by atoms with Gasteiger partial charge in [0.15, 0.2) is 0 Å². The smallest absolute Gasteiger partial charge is 0.237 e. The summed E-state index contributed by atoms with van der Waals surface area (Å²) < 4.78 is 0. The third-order valence-electron chi connectivity index (χ3n) is 3.94. The number of aryl methyl sites for hydroxylation is 1. The maximum Gasteiger partial charge on any atom is 0.237 e. The molecule has 0 spiro atoms. The predicted molar refractivity (Wildman–Crippen MR) is 79.3 cm³/mol. The SMILES string of the molecule is Cc1ccc(CNC(=O)C(C)N2CCCC(O)C2)cc1. The van der Waals surface area contributed by atoms with Crippen molar-refractivity contribution in [1.82, 2.24) is 10.2 Å². The summed E-state index contributed by atoms with van der Waals surface area (Å²) >= 11 is 0. The highest BCUT2D eigenvalue weighted by molar-refractivity contribution is 5.81. The van der Waals surface area contributed by atoms with Crippen LogP contribution in [0.1, 0.15) is 30.9 Å². The van der Waals surface area contributed by atoms with Crippen LogP contribution >= 0.6 is 0 Å². The first kappa shape index (κ1) is 15.0. The Kier molecular flexibility index (Phi) is 5.15. The number of rotatable bonds is 4. The molecule has 1 fully saturated rings. The largest absolute Gasteiger partial charge is 0.392 e. The number of benzene rings is 1. The molecule has 110 valence electrons. The molecular weight excluding hydrogens is 252 g/mol. The zero-order valence-electron chi connectivity index (χ0n) is 12.3. The molecule has 4 nitrogen and oxygen atoms in total. The van der Waals surface area contributed by atoms with Crippen LogP contribution in [0.25, 0.3) is 0 Å². The van der Waals surface area contributed by atoms with E-state index < -0.39 is 0 Å². The van der Waals surface area contributed by atoms with Crippen LogP contribution in [0.4, 0.5) is 0 Å². The normalized spacial score (nSPS) is 21.4. The lowest BCUT2D eigenvalue weighted by Gasteiger charge is -2.33.